The van der Waals surface area contributed by atoms with Crippen LogP contribution in [0.2, 0.25) is 0 Å². The van der Waals surface area contributed by atoms with Crippen LogP contribution in [-0.2, 0) is 0 Å². The first-order chi connectivity index (χ1) is 8.42. The number of thiophene rings is 1. The molecule has 0 unspecified atom stereocenters. The molecular weight excluding hydrogens is 246 g/mol. The zero-order chi connectivity index (χ0) is 11.2. The topological polar surface area (TPSA) is 12.0 Å². The van der Waals surface area contributed by atoms with Crippen molar-refractivity contribution in [3.8, 4) is 0 Å². The lowest BCUT2D eigenvalue weighted by atomic mass is 10.2. The third-order valence-electron chi connectivity index (χ3n) is 2.91. The molecule has 0 bridgehead atoms. The van der Waals surface area contributed by atoms with Crippen molar-refractivity contribution in [1.82, 2.24) is 0 Å². The second-order valence-corrected chi connectivity index (χ2v) is 6.35. The minimum Gasteiger partial charge on any atom is -0.352 e. The van der Waals surface area contributed by atoms with Gasteiger partial charge in [0, 0.05) is 15.0 Å². The molecular formula is C14H9NS2. The Morgan fingerprint density at radius 2 is 1.71 bits per heavy atom. The van der Waals surface area contributed by atoms with Crippen molar-refractivity contribution in [2.45, 2.75) is 9.10 Å². The van der Waals surface area contributed by atoms with Gasteiger partial charge in [-0.15, -0.1) is 11.3 Å². The van der Waals surface area contributed by atoms with Gasteiger partial charge in [0.25, 0.3) is 0 Å². The highest BCUT2D eigenvalue weighted by molar-refractivity contribution is 8.01. The van der Waals surface area contributed by atoms with Crippen molar-refractivity contribution in [2.75, 3.05) is 5.32 Å². The highest BCUT2D eigenvalue weighted by Gasteiger charge is 2.19. The summed E-state index contributed by atoms with van der Waals surface area (Å²) in [6.07, 6.45) is 0. The predicted octanol–water partition coefficient (Wildman–Crippen LogP) is 5.11. The van der Waals surface area contributed by atoms with Gasteiger partial charge in [-0.25, -0.2) is 0 Å². The molecule has 4 rings (SSSR count). The number of nitrogens with one attached hydrogen (secondary N) is 1. The maximum atomic E-state index is 3.55. The van der Waals surface area contributed by atoms with E-state index in [0.29, 0.717) is 0 Å². The normalized spacial score (nSPS) is 12.9. The standard InChI is InChI=1S/C14H9NS2/c1-3-7-11-9(5-1)13-14(16-11)17-12-8-4-2-6-10(12)15-13/h1-8,15H. The molecule has 17 heavy (non-hydrogen) atoms. The molecule has 1 aliphatic heterocycles. The molecule has 0 radical (unpaired) electrons. The van der Waals surface area contributed by atoms with Crippen LogP contribution in [0.25, 0.3) is 10.1 Å². The fraction of sp³-hybridized carbons (Fsp3) is 0. The van der Waals surface area contributed by atoms with Crippen LogP contribution in [0.1, 0.15) is 0 Å². The highest BCUT2D eigenvalue weighted by Crippen LogP contribution is 2.51. The second-order valence-electron chi connectivity index (χ2n) is 3.98. The Labute approximate surface area is 107 Å². The first-order valence-corrected chi connectivity index (χ1v) is 7.10. The van der Waals surface area contributed by atoms with E-state index in [9.17, 15) is 0 Å². The molecule has 1 nitrogen and oxygen atoms in total. The van der Waals surface area contributed by atoms with Gasteiger partial charge in [0.1, 0.15) is 0 Å². The summed E-state index contributed by atoms with van der Waals surface area (Å²) in [5, 5.41) is 4.88. The summed E-state index contributed by atoms with van der Waals surface area (Å²) in [6.45, 7) is 0. The minimum absolute atomic E-state index is 1.22. The molecule has 0 atom stereocenters. The first kappa shape index (κ1) is 9.57. The molecule has 3 heteroatoms. The summed E-state index contributed by atoms with van der Waals surface area (Å²) in [7, 11) is 0. The molecule has 3 aromatic rings. The van der Waals surface area contributed by atoms with Crippen molar-refractivity contribution < 1.29 is 0 Å². The number of hydrogen-bond donors (Lipinski definition) is 1. The lowest BCUT2D eigenvalue weighted by Gasteiger charge is -2.17. The zero-order valence-corrected chi connectivity index (χ0v) is 10.6. The Kier molecular flexibility index (Phi) is 1.98. The molecule has 0 amide bonds. The monoisotopic (exact) mass is 255 g/mol. The Morgan fingerprint density at radius 1 is 0.882 bits per heavy atom. The molecule has 82 valence electrons. The van der Waals surface area contributed by atoms with Gasteiger partial charge < -0.3 is 5.32 Å². The van der Waals surface area contributed by atoms with Crippen LogP contribution in [0.5, 0.6) is 0 Å². The zero-order valence-electron chi connectivity index (χ0n) is 8.94. The summed E-state index contributed by atoms with van der Waals surface area (Å²) in [4.78, 5) is 1.31. The molecule has 2 aromatic carbocycles. The van der Waals surface area contributed by atoms with Crippen LogP contribution in [-0.4, -0.2) is 0 Å². The van der Waals surface area contributed by atoms with E-state index < -0.39 is 0 Å². The van der Waals surface area contributed by atoms with Crippen molar-refractivity contribution in [1.29, 1.82) is 0 Å². The van der Waals surface area contributed by atoms with E-state index in [-0.39, 0.29) is 0 Å². The van der Waals surface area contributed by atoms with Gasteiger partial charge in [0.2, 0.25) is 0 Å². The summed E-state index contributed by atoms with van der Waals surface area (Å²) in [5.74, 6) is 0. The number of anilines is 2. The molecule has 1 N–H and O–H groups in total. The van der Waals surface area contributed by atoms with Crippen LogP contribution >= 0.6 is 23.1 Å². The maximum Gasteiger partial charge on any atom is 0.0895 e. The van der Waals surface area contributed by atoms with Gasteiger partial charge in [-0.1, -0.05) is 42.1 Å². The van der Waals surface area contributed by atoms with Crippen molar-refractivity contribution >= 4 is 44.6 Å². The van der Waals surface area contributed by atoms with Crippen molar-refractivity contribution in [3.63, 3.8) is 0 Å². The molecule has 0 saturated carbocycles. The van der Waals surface area contributed by atoms with Crippen LogP contribution in [0.15, 0.2) is 57.6 Å². The average Bonchev–Trinajstić information content (AvgIpc) is 2.73. The van der Waals surface area contributed by atoms with E-state index in [2.05, 4.69) is 53.8 Å². The van der Waals surface area contributed by atoms with Gasteiger partial charge in [-0.3, -0.25) is 0 Å². The Morgan fingerprint density at radius 3 is 2.71 bits per heavy atom. The smallest absolute Gasteiger partial charge is 0.0895 e. The summed E-state index contributed by atoms with van der Waals surface area (Å²) in [5.41, 5.74) is 2.49. The Hall–Kier alpha value is -1.45. The van der Waals surface area contributed by atoms with Crippen LogP contribution < -0.4 is 5.32 Å². The largest absolute Gasteiger partial charge is 0.352 e. The van der Waals surface area contributed by atoms with Crippen LogP contribution in [0, 0.1) is 0 Å². The number of para-hydroxylation sites is 1. The van der Waals surface area contributed by atoms with E-state index in [4.69, 9.17) is 0 Å². The first-order valence-electron chi connectivity index (χ1n) is 5.47. The van der Waals surface area contributed by atoms with E-state index in [0.717, 1.165) is 0 Å². The second kappa shape index (κ2) is 3.52. The summed E-state index contributed by atoms with van der Waals surface area (Å²) >= 11 is 3.73. The fourth-order valence-electron chi connectivity index (χ4n) is 2.11. The van der Waals surface area contributed by atoms with E-state index >= 15 is 0 Å². The number of hydrogen-bond acceptors (Lipinski definition) is 3. The Bertz CT molecular complexity index is 715. The minimum atomic E-state index is 1.22. The fourth-order valence-corrected chi connectivity index (χ4v) is 4.54. The van der Waals surface area contributed by atoms with Crippen molar-refractivity contribution in [2.24, 2.45) is 0 Å². The summed E-state index contributed by atoms with van der Waals surface area (Å²) in [6, 6.07) is 17.0. The Balaban J connectivity index is 1.97. The maximum absolute atomic E-state index is 3.55. The highest BCUT2D eigenvalue weighted by atomic mass is 32.2. The molecule has 0 spiro atoms. The number of benzene rings is 2. The van der Waals surface area contributed by atoms with Gasteiger partial charge in [0.05, 0.1) is 15.6 Å². The van der Waals surface area contributed by atoms with E-state index in [1.165, 1.54) is 30.6 Å². The van der Waals surface area contributed by atoms with Crippen LogP contribution in [0.4, 0.5) is 11.4 Å². The number of fused-ring (bicyclic) bond motifs is 4. The summed E-state index contributed by atoms with van der Waals surface area (Å²) < 4.78 is 2.72. The van der Waals surface area contributed by atoms with Gasteiger partial charge in [-0.05, 0) is 18.2 Å². The van der Waals surface area contributed by atoms with Crippen LogP contribution in [0.3, 0.4) is 0 Å². The third kappa shape index (κ3) is 1.39. The average molecular weight is 255 g/mol. The number of rotatable bonds is 0. The van der Waals surface area contributed by atoms with Gasteiger partial charge in [0.15, 0.2) is 0 Å². The molecule has 0 fully saturated rings. The SMILES string of the molecule is c1ccc2c(c1)Nc1c(sc3ccccc13)S2. The lowest BCUT2D eigenvalue weighted by Crippen LogP contribution is -1.96. The molecule has 2 heterocycles. The van der Waals surface area contributed by atoms with E-state index in [1.807, 2.05) is 23.1 Å². The van der Waals surface area contributed by atoms with Gasteiger partial charge in [-0.2, -0.15) is 0 Å². The molecule has 0 saturated heterocycles. The van der Waals surface area contributed by atoms with Gasteiger partial charge >= 0.3 is 0 Å². The molecule has 0 aliphatic carbocycles. The quantitative estimate of drug-likeness (QED) is 0.468. The van der Waals surface area contributed by atoms with E-state index in [1.54, 1.807) is 0 Å². The lowest BCUT2D eigenvalue weighted by molar-refractivity contribution is 1.38. The third-order valence-corrected chi connectivity index (χ3v) is 5.34. The molecule has 1 aromatic heterocycles. The van der Waals surface area contributed by atoms with Crippen molar-refractivity contribution in [3.05, 3.63) is 48.5 Å². The predicted molar refractivity (Wildman–Crippen MR) is 75.7 cm³/mol. The molecule has 1 aliphatic rings.